The smallest absolute Gasteiger partial charge is 0.225 e. The second kappa shape index (κ2) is 7.07. The maximum Gasteiger partial charge on any atom is 0.225 e. The lowest BCUT2D eigenvalue weighted by atomic mass is 10.0. The van der Waals surface area contributed by atoms with Gasteiger partial charge >= 0.3 is 0 Å². The van der Waals surface area contributed by atoms with Gasteiger partial charge < -0.3 is 4.90 Å². The van der Waals surface area contributed by atoms with Gasteiger partial charge in [-0.3, -0.25) is 4.79 Å². The summed E-state index contributed by atoms with van der Waals surface area (Å²) in [7, 11) is 0. The van der Waals surface area contributed by atoms with Crippen molar-refractivity contribution in [2.45, 2.75) is 33.4 Å². The molecule has 0 saturated heterocycles. The molecule has 2 heteroatoms. The Balaban J connectivity index is 2.26. The number of nitrogens with zero attached hydrogens (tertiary/aromatic N) is 1. The molecular weight excluding hydrogens is 258 g/mol. The van der Waals surface area contributed by atoms with E-state index >= 15 is 0 Å². The van der Waals surface area contributed by atoms with Gasteiger partial charge in [0, 0.05) is 12.5 Å². The minimum atomic E-state index is -0.000116. The highest BCUT2D eigenvalue weighted by atomic mass is 16.2. The molecule has 110 valence electrons. The average Bonchev–Trinajstić information content (AvgIpc) is 2.53. The summed E-state index contributed by atoms with van der Waals surface area (Å²) >= 11 is 0. The van der Waals surface area contributed by atoms with Gasteiger partial charge in [-0.05, 0) is 18.1 Å². The summed E-state index contributed by atoms with van der Waals surface area (Å²) in [5.74, 6) is 0.190. The highest BCUT2D eigenvalue weighted by molar-refractivity contribution is 5.78. The highest BCUT2D eigenvalue weighted by Gasteiger charge is 2.23. The van der Waals surface area contributed by atoms with Crippen molar-refractivity contribution in [2.75, 3.05) is 0 Å². The molecule has 1 amide bonds. The fraction of sp³-hybridized carbons (Fsp3) is 0.316. The van der Waals surface area contributed by atoms with E-state index in [1.54, 1.807) is 0 Å². The molecule has 0 saturated carbocycles. The zero-order chi connectivity index (χ0) is 15.2. The third-order valence-electron chi connectivity index (χ3n) is 3.72. The van der Waals surface area contributed by atoms with E-state index < -0.39 is 0 Å². The zero-order valence-electron chi connectivity index (χ0n) is 13.0. The van der Waals surface area contributed by atoms with Crippen LogP contribution in [0.15, 0.2) is 60.7 Å². The van der Waals surface area contributed by atoms with Crippen LogP contribution in [0.1, 0.15) is 37.9 Å². The number of benzene rings is 2. The first-order valence-electron chi connectivity index (χ1n) is 7.49. The second-order valence-electron chi connectivity index (χ2n) is 5.69. The molecule has 1 unspecified atom stereocenters. The van der Waals surface area contributed by atoms with Crippen molar-refractivity contribution in [1.82, 2.24) is 4.90 Å². The lowest BCUT2D eigenvalue weighted by Gasteiger charge is -2.31. The average molecular weight is 281 g/mol. The van der Waals surface area contributed by atoms with Crippen LogP contribution in [0, 0.1) is 5.92 Å². The van der Waals surface area contributed by atoms with Crippen molar-refractivity contribution < 1.29 is 4.79 Å². The van der Waals surface area contributed by atoms with Crippen LogP contribution in [0.5, 0.6) is 0 Å². The molecule has 2 aromatic rings. The van der Waals surface area contributed by atoms with E-state index in [0.29, 0.717) is 6.54 Å². The van der Waals surface area contributed by atoms with Gasteiger partial charge in [0.2, 0.25) is 5.91 Å². The molecule has 0 heterocycles. The van der Waals surface area contributed by atoms with E-state index in [1.165, 1.54) is 5.56 Å². The molecule has 2 rings (SSSR count). The van der Waals surface area contributed by atoms with Gasteiger partial charge in [-0.25, -0.2) is 0 Å². The van der Waals surface area contributed by atoms with E-state index in [2.05, 4.69) is 31.2 Å². The van der Waals surface area contributed by atoms with Crippen molar-refractivity contribution in [3.8, 4) is 0 Å². The van der Waals surface area contributed by atoms with Crippen LogP contribution < -0.4 is 0 Å². The van der Waals surface area contributed by atoms with E-state index in [4.69, 9.17) is 0 Å². The molecule has 0 aliphatic rings. The Labute approximate surface area is 127 Å². The number of amides is 1. The fourth-order valence-corrected chi connectivity index (χ4v) is 2.43. The van der Waals surface area contributed by atoms with Crippen LogP contribution in [0.25, 0.3) is 0 Å². The number of carbonyl (C=O) groups is 1. The van der Waals surface area contributed by atoms with Crippen LogP contribution in [-0.4, -0.2) is 10.8 Å². The maximum atomic E-state index is 12.6. The Morgan fingerprint density at radius 3 is 1.95 bits per heavy atom. The van der Waals surface area contributed by atoms with Gasteiger partial charge in [0.05, 0.1) is 6.04 Å². The quantitative estimate of drug-likeness (QED) is 0.793. The lowest BCUT2D eigenvalue weighted by molar-refractivity contribution is -0.137. The summed E-state index contributed by atoms with van der Waals surface area (Å²) < 4.78 is 0. The van der Waals surface area contributed by atoms with Crippen molar-refractivity contribution in [3.05, 3.63) is 71.8 Å². The first-order chi connectivity index (χ1) is 10.1. The molecule has 2 aromatic carbocycles. The SMILES string of the molecule is CC(C)C(=O)N(Cc1ccccc1)C(C)c1ccccc1. The topological polar surface area (TPSA) is 20.3 Å². The van der Waals surface area contributed by atoms with E-state index in [9.17, 15) is 4.79 Å². The van der Waals surface area contributed by atoms with Crippen LogP contribution in [0.2, 0.25) is 0 Å². The lowest BCUT2D eigenvalue weighted by Crippen LogP contribution is -2.36. The fourth-order valence-electron chi connectivity index (χ4n) is 2.43. The number of hydrogen-bond acceptors (Lipinski definition) is 1. The molecule has 0 aliphatic carbocycles. The third-order valence-corrected chi connectivity index (χ3v) is 3.72. The Morgan fingerprint density at radius 1 is 0.905 bits per heavy atom. The Morgan fingerprint density at radius 2 is 1.43 bits per heavy atom. The van der Waals surface area contributed by atoms with Crippen molar-refractivity contribution >= 4 is 5.91 Å². The first kappa shape index (κ1) is 15.3. The molecule has 0 bridgehead atoms. The van der Waals surface area contributed by atoms with Crippen LogP contribution in [0.3, 0.4) is 0 Å². The zero-order valence-corrected chi connectivity index (χ0v) is 13.0. The molecule has 0 N–H and O–H groups in total. The summed E-state index contributed by atoms with van der Waals surface area (Å²) in [5.41, 5.74) is 2.33. The molecule has 2 nitrogen and oxygen atoms in total. The third kappa shape index (κ3) is 3.94. The van der Waals surface area contributed by atoms with Gasteiger partial charge in [-0.2, -0.15) is 0 Å². The summed E-state index contributed by atoms with van der Waals surface area (Å²) in [6, 6.07) is 20.4. The highest BCUT2D eigenvalue weighted by Crippen LogP contribution is 2.24. The van der Waals surface area contributed by atoms with Crippen molar-refractivity contribution in [3.63, 3.8) is 0 Å². The predicted molar refractivity (Wildman–Crippen MR) is 86.7 cm³/mol. The molecule has 0 fully saturated rings. The van der Waals surface area contributed by atoms with Crippen LogP contribution in [-0.2, 0) is 11.3 Å². The Kier molecular flexibility index (Phi) is 5.15. The summed E-state index contributed by atoms with van der Waals surface area (Å²) in [4.78, 5) is 14.6. The van der Waals surface area contributed by atoms with E-state index in [1.807, 2.05) is 55.1 Å². The van der Waals surface area contributed by atoms with E-state index in [-0.39, 0.29) is 17.9 Å². The second-order valence-corrected chi connectivity index (χ2v) is 5.69. The largest absolute Gasteiger partial charge is 0.331 e. The molecule has 0 aliphatic heterocycles. The molecular formula is C19H23NO. The van der Waals surface area contributed by atoms with E-state index in [0.717, 1.165) is 5.56 Å². The van der Waals surface area contributed by atoms with Crippen molar-refractivity contribution in [1.29, 1.82) is 0 Å². The van der Waals surface area contributed by atoms with Gasteiger partial charge in [-0.15, -0.1) is 0 Å². The molecule has 0 spiro atoms. The Bertz CT molecular complexity index is 563. The van der Waals surface area contributed by atoms with Gasteiger partial charge in [0.15, 0.2) is 0 Å². The van der Waals surface area contributed by atoms with Crippen LogP contribution >= 0.6 is 0 Å². The maximum absolute atomic E-state index is 12.6. The normalized spacial score (nSPS) is 12.2. The summed E-state index contributed by atoms with van der Waals surface area (Å²) in [6.45, 7) is 6.66. The molecule has 0 aromatic heterocycles. The molecule has 1 atom stereocenters. The number of hydrogen-bond donors (Lipinski definition) is 0. The monoisotopic (exact) mass is 281 g/mol. The number of carbonyl (C=O) groups excluding carboxylic acids is 1. The summed E-state index contributed by atoms with van der Waals surface area (Å²) in [6.07, 6.45) is 0. The predicted octanol–water partition coefficient (Wildman–Crippen LogP) is 4.43. The van der Waals surface area contributed by atoms with Gasteiger partial charge in [0.1, 0.15) is 0 Å². The van der Waals surface area contributed by atoms with Gasteiger partial charge in [0.25, 0.3) is 0 Å². The standard InChI is InChI=1S/C19H23NO/c1-15(2)19(21)20(14-17-10-6-4-7-11-17)16(3)18-12-8-5-9-13-18/h4-13,15-16H,14H2,1-3H3. The van der Waals surface area contributed by atoms with Gasteiger partial charge in [-0.1, -0.05) is 74.5 Å². The number of rotatable bonds is 5. The minimum Gasteiger partial charge on any atom is -0.331 e. The Hall–Kier alpha value is -2.09. The van der Waals surface area contributed by atoms with Crippen molar-refractivity contribution in [2.24, 2.45) is 5.92 Å². The first-order valence-corrected chi connectivity index (χ1v) is 7.49. The minimum absolute atomic E-state index is 0.000116. The van der Waals surface area contributed by atoms with Crippen LogP contribution in [0.4, 0.5) is 0 Å². The molecule has 0 radical (unpaired) electrons. The summed E-state index contributed by atoms with van der Waals surface area (Å²) in [5, 5.41) is 0. The molecule has 21 heavy (non-hydrogen) atoms.